The molecule has 0 bridgehead atoms. The molecule has 1 aliphatic carbocycles. The lowest BCUT2D eigenvalue weighted by atomic mass is 9.83. The SMILES string of the molecule is C=CCO[C@H]1[C@H](OCc2ccccc2)[C@@H](OCc2ccccc2)[C@@H](OCC=C)[C@@H](O)[C@H]1OCC=C. The zero-order chi connectivity index (χ0) is 24.9. The van der Waals surface area contributed by atoms with Gasteiger partial charge in [-0.05, 0) is 11.1 Å². The van der Waals surface area contributed by atoms with Gasteiger partial charge in [0, 0.05) is 0 Å². The first-order valence-corrected chi connectivity index (χ1v) is 11.9. The van der Waals surface area contributed by atoms with Gasteiger partial charge < -0.3 is 28.8 Å². The van der Waals surface area contributed by atoms with Gasteiger partial charge in [-0.2, -0.15) is 0 Å². The highest BCUT2D eigenvalue weighted by molar-refractivity contribution is 5.15. The summed E-state index contributed by atoms with van der Waals surface area (Å²) in [4.78, 5) is 0. The van der Waals surface area contributed by atoms with E-state index in [-0.39, 0.29) is 19.8 Å². The number of aliphatic hydroxyl groups excluding tert-OH is 1. The van der Waals surface area contributed by atoms with Gasteiger partial charge >= 0.3 is 0 Å². The number of hydrogen-bond donors (Lipinski definition) is 1. The number of hydrogen-bond acceptors (Lipinski definition) is 6. The standard InChI is InChI=1S/C29H36O6/c1-4-17-31-25-24(30)26(32-18-5-2)28(34-20-22-13-9-7-10-14-22)29(27(25)33-19-6-3)35-21-23-15-11-8-12-16-23/h4-16,24-30H,1-3,17-21H2/t24-,25+,26-,27+,28-,29-/m0/s1. The van der Waals surface area contributed by atoms with Crippen LogP contribution in [0.3, 0.4) is 0 Å². The molecule has 6 atom stereocenters. The molecule has 0 saturated heterocycles. The van der Waals surface area contributed by atoms with Gasteiger partial charge in [-0.15, -0.1) is 19.7 Å². The Morgan fingerprint density at radius 3 is 1.29 bits per heavy atom. The lowest BCUT2D eigenvalue weighted by molar-refractivity contribution is -0.273. The van der Waals surface area contributed by atoms with E-state index in [9.17, 15) is 5.11 Å². The van der Waals surface area contributed by atoms with Gasteiger partial charge in [-0.25, -0.2) is 0 Å². The summed E-state index contributed by atoms with van der Waals surface area (Å²) in [7, 11) is 0. The van der Waals surface area contributed by atoms with Crippen LogP contribution in [0.5, 0.6) is 0 Å². The lowest BCUT2D eigenvalue weighted by Gasteiger charge is -2.48. The number of rotatable bonds is 15. The van der Waals surface area contributed by atoms with E-state index in [4.69, 9.17) is 23.7 Å². The maximum absolute atomic E-state index is 11.4. The maximum atomic E-state index is 11.4. The molecule has 0 spiro atoms. The van der Waals surface area contributed by atoms with Crippen molar-refractivity contribution in [3.8, 4) is 0 Å². The predicted molar refractivity (Wildman–Crippen MR) is 136 cm³/mol. The second-order valence-electron chi connectivity index (χ2n) is 8.27. The van der Waals surface area contributed by atoms with Crippen LogP contribution in [-0.2, 0) is 36.9 Å². The summed E-state index contributed by atoms with van der Waals surface area (Å²) in [5, 5.41) is 11.4. The van der Waals surface area contributed by atoms with Crippen molar-refractivity contribution in [1.82, 2.24) is 0 Å². The first-order chi connectivity index (χ1) is 17.2. The number of ether oxygens (including phenoxy) is 5. The molecule has 0 aliphatic heterocycles. The number of aliphatic hydroxyl groups is 1. The Bertz CT molecular complexity index is 887. The van der Waals surface area contributed by atoms with Crippen LogP contribution in [0.25, 0.3) is 0 Å². The summed E-state index contributed by atoms with van der Waals surface area (Å²) in [6.45, 7) is 12.7. The molecule has 2 aromatic carbocycles. The fourth-order valence-corrected chi connectivity index (χ4v) is 4.16. The monoisotopic (exact) mass is 480 g/mol. The molecule has 0 radical (unpaired) electrons. The molecule has 1 N–H and O–H groups in total. The van der Waals surface area contributed by atoms with E-state index in [0.29, 0.717) is 13.2 Å². The molecule has 2 aromatic rings. The fraction of sp³-hybridized carbons (Fsp3) is 0.379. The van der Waals surface area contributed by atoms with E-state index < -0.39 is 36.6 Å². The third-order valence-electron chi connectivity index (χ3n) is 5.76. The average Bonchev–Trinajstić information content (AvgIpc) is 2.90. The highest BCUT2D eigenvalue weighted by Crippen LogP contribution is 2.33. The van der Waals surface area contributed by atoms with Crippen LogP contribution in [0.1, 0.15) is 11.1 Å². The molecule has 0 amide bonds. The predicted octanol–water partition coefficient (Wildman–Crippen LogP) is 4.25. The summed E-state index contributed by atoms with van der Waals surface area (Å²) in [6.07, 6.45) is 0.606. The van der Waals surface area contributed by atoms with Crippen molar-refractivity contribution in [1.29, 1.82) is 0 Å². The Morgan fingerprint density at radius 2 is 0.886 bits per heavy atom. The van der Waals surface area contributed by atoms with Crippen molar-refractivity contribution in [2.75, 3.05) is 19.8 Å². The molecule has 3 rings (SSSR count). The quantitative estimate of drug-likeness (QED) is 0.385. The van der Waals surface area contributed by atoms with Crippen molar-refractivity contribution >= 4 is 0 Å². The third kappa shape index (κ3) is 7.70. The van der Waals surface area contributed by atoms with E-state index in [1.54, 1.807) is 18.2 Å². The molecule has 0 aromatic heterocycles. The first-order valence-electron chi connectivity index (χ1n) is 11.9. The zero-order valence-electron chi connectivity index (χ0n) is 20.1. The fourth-order valence-electron chi connectivity index (χ4n) is 4.16. The Labute approximate surface area is 208 Å². The summed E-state index contributed by atoms with van der Waals surface area (Å²) >= 11 is 0. The third-order valence-corrected chi connectivity index (χ3v) is 5.76. The van der Waals surface area contributed by atoms with Gasteiger partial charge in [0.15, 0.2) is 0 Å². The van der Waals surface area contributed by atoms with E-state index >= 15 is 0 Å². The van der Waals surface area contributed by atoms with Gasteiger partial charge in [0.25, 0.3) is 0 Å². The largest absolute Gasteiger partial charge is 0.387 e. The topological polar surface area (TPSA) is 66.4 Å². The van der Waals surface area contributed by atoms with Gasteiger partial charge in [-0.3, -0.25) is 0 Å². The molecule has 0 heterocycles. The molecule has 1 fully saturated rings. The number of benzene rings is 2. The molecule has 1 aliphatic rings. The minimum Gasteiger partial charge on any atom is -0.387 e. The van der Waals surface area contributed by atoms with E-state index in [2.05, 4.69) is 19.7 Å². The zero-order valence-corrected chi connectivity index (χ0v) is 20.1. The van der Waals surface area contributed by atoms with Crippen LogP contribution in [0.2, 0.25) is 0 Å². The second-order valence-corrected chi connectivity index (χ2v) is 8.27. The van der Waals surface area contributed by atoms with E-state index in [0.717, 1.165) is 11.1 Å². The average molecular weight is 481 g/mol. The lowest BCUT2D eigenvalue weighted by Crippen LogP contribution is -2.67. The second kappa shape index (κ2) is 14.7. The Morgan fingerprint density at radius 1 is 0.543 bits per heavy atom. The van der Waals surface area contributed by atoms with Crippen LogP contribution in [0.4, 0.5) is 0 Å². The van der Waals surface area contributed by atoms with Crippen LogP contribution in [0.15, 0.2) is 98.6 Å². The van der Waals surface area contributed by atoms with Crippen LogP contribution in [-0.4, -0.2) is 61.6 Å². The molecular formula is C29H36O6. The summed E-state index contributed by atoms with van der Waals surface area (Å²) < 4.78 is 31.0. The summed E-state index contributed by atoms with van der Waals surface area (Å²) in [5.74, 6) is 0. The van der Waals surface area contributed by atoms with Crippen LogP contribution < -0.4 is 0 Å². The maximum Gasteiger partial charge on any atom is 0.116 e. The molecule has 35 heavy (non-hydrogen) atoms. The van der Waals surface area contributed by atoms with Crippen LogP contribution >= 0.6 is 0 Å². The molecule has 0 unspecified atom stereocenters. The van der Waals surface area contributed by atoms with Crippen molar-refractivity contribution in [2.24, 2.45) is 0 Å². The van der Waals surface area contributed by atoms with Crippen molar-refractivity contribution in [2.45, 2.75) is 49.8 Å². The van der Waals surface area contributed by atoms with Gasteiger partial charge in [0.2, 0.25) is 0 Å². The Hall–Kier alpha value is -2.58. The molecule has 6 nitrogen and oxygen atoms in total. The van der Waals surface area contributed by atoms with Crippen LogP contribution in [0, 0.1) is 0 Å². The molecular weight excluding hydrogens is 444 g/mol. The van der Waals surface area contributed by atoms with Crippen molar-refractivity contribution in [3.63, 3.8) is 0 Å². The van der Waals surface area contributed by atoms with Gasteiger partial charge in [0.05, 0.1) is 33.0 Å². The minimum atomic E-state index is -1.03. The normalized spacial score (nSPS) is 26.2. The highest BCUT2D eigenvalue weighted by Gasteiger charge is 2.53. The summed E-state index contributed by atoms with van der Waals surface area (Å²) in [6, 6.07) is 19.7. The van der Waals surface area contributed by atoms with Crippen molar-refractivity contribution in [3.05, 3.63) is 110 Å². The Balaban J connectivity index is 1.93. The highest BCUT2D eigenvalue weighted by atomic mass is 16.6. The van der Waals surface area contributed by atoms with Gasteiger partial charge in [-0.1, -0.05) is 78.9 Å². The molecule has 6 heteroatoms. The smallest absolute Gasteiger partial charge is 0.116 e. The van der Waals surface area contributed by atoms with E-state index in [1.807, 2.05) is 60.7 Å². The molecule has 188 valence electrons. The minimum absolute atomic E-state index is 0.241. The summed E-state index contributed by atoms with van der Waals surface area (Å²) in [5.41, 5.74) is 2.01. The first kappa shape index (κ1) is 27.0. The van der Waals surface area contributed by atoms with Crippen molar-refractivity contribution < 1.29 is 28.8 Å². The van der Waals surface area contributed by atoms with Gasteiger partial charge in [0.1, 0.15) is 36.6 Å². The Kier molecular flexibility index (Phi) is 11.4. The molecule has 1 saturated carbocycles. The van der Waals surface area contributed by atoms with E-state index in [1.165, 1.54) is 0 Å².